The maximum Gasteiger partial charge on any atom is 0.387 e. The summed E-state index contributed by atoms with van der Waals surface area (Å²) in [7, 11) is 0. The molecule has 2 rings (SSSR count). The molecule has 1 heterocycles. The Hall–Kier alpha value is -1.36. The van der Waals surface area contributed by atoms with E-state index in [0.717, 1.165) is 0 Å². The zero-order chi connectivity index (χ0) is 14.0. The van der Waals surface area contributed by atoms with Gasteiger partial charge in [0.1, 0.15) is 5.75 Å². The van der Waals surface area contributed by atoms with E-state index >= 15 is 0 Å². The molecule has 3 nitrogen and oxygen atoms in total. The Morgan fingerprint density at radius 1 is 1.53 bits per heavy atom. The molecule has 0 aromatic heterocycles. The minimum absolute atomic E-state index is 0.0270. The Bertz CT molecular complexity index is 496. The molecule has 0 spiro atoms. The lowest BCUT2D eigenvalue weighted by Gasteiger charge is -2.25. The fraction of sp³-hybridized carbons (Fsp3) is 0.462. The quantitative estimate of drug-likeness (QED) is 0.925. The number of nitrogens with one attached hydrogen (secondary N) is 1. The van der Waals surface area contributed by atoms with Crippen molar-refractivity contribution < 1.29 is 18.3 Å². The van der Waals surface area contributed by atoms with Gasteiger partial charge in [0.2, 0.25) is 5.91 Å². The van der Waals surface area contributed by atoms with Crippen molar-refractivity contribution in [1.29, 1.82) is 0 Å². The molecule has 104 valence electrons. The molecule has 1 saturated heterocycles. The summed E-state index contributed by atoms with van der Waals surface area (Å²) in [4.78, 5) is 11.3. The Balaban J connectivity index is 2.23. The highest BCUT2D eigenvalue weighted by atomic mass is 35.5. The first-order valence-electron chi connectivity index (χ1n) is 5.92. The van der Waals surface area contributed by atoms with E-state index < -0.39 is 12.2 Å². The Kier molecular flexibility index (Phi) is 3.94. The first-order valence-corrected chi connectivity index (χ1v) is 6.30. The molecular weight excluding hydrogens is 276 g/mol. The average Bonchev–Trinajstić information content (AvgIpc) is 2.62. The maximum atomic E-state index is 12.3. The van der Waals surface area contributed by atoms with Crippen LogP contribution in [0.4, 0.5) is 8.78 Å². The van der Waals surface area contributed by atoms with Crippen LogP contribution in [0.5, 0.6) is 5.75 Å². The monoisotopic (exact) mass is 289 g/mol. The average molecular weight is 290 g/mol. The van der Waals surface area contributed by atoms with E-state index in [4.69, 9.17) is 11.6 Å². The van der Waals surface area contributed by atoms with Gasteiger partial charge in [0.05, 0.1) is 0 Å². The number of ether oxygens (including phenoxy) is 1. The summed E-state index contributed by atoms with van der Waals surface area (Å²) >= 11 is 5.88. The number of amides is 1. The van der Waals surface area contributed by atoms with E-state index in [0.29, 0.717) is 29.8 Å². The standard InChI is InChI=1S/C13H14ClF2NO2/c1-13(5-4-11(18)17-13)7-8-6-9(14)2-3-10(8)19-12(15)16/h2-3,6,12H,4-5,7H2,1H3,(H,17,18). The smallest absolute Gasteiger partial charge is 0.387 e. The molecule has 6 heteroatoms. The molecule has 1 unspecified atom stereocenters. The van der Waals surface area contributed by atoms with Crippen molar-refractivity contribution in [3.05, 3.63) is 28.8 Å². The second-order valence-electron chi connectivity index (χ2n) is 4.92. The van der Waals surface area contributed by atoms with Gasteiger partial charge in [-0.25, -0.2) is 0 Å². The Morgan fingerprint density at radius 3 is 2.84 bits per heavy atom. The van der Waals surface area contributed by atoms with Crippen LogP contribution in [0, 0.1) is 0 Å². The number of carbonyl (C=O) groups excluding carboxylic acids is 1. The molecule has 1 aromatic rings. The van der Waals surface area contributed by atoms with Crippen LogP contribution in [0.2, 0.25) is 5.02 Å². The number of hydrogen-bond acceptors (Lipinski definition) is 2. The molecule has 1 aliphatic rings. The summed E-state index contributed by atoms with van der Waals surface area (Å²) in [5, 5.41) is 3.30. The van der Waals surface area contributed by atoms with Crippen LogP contribution in [-0.4, -0.2) is 18.1 Å². The fourth-order valence-electron chi connectivity index (χ4n) is 2.30. The first-order chi connectivity index (χ1) is 8.88. The molecule has 0 radical (unpaired) electrons. The van der Waals surface area contributed by atoms with Gasteiger partial charge in [-0.15, -0.1) is 0 Å². The van der Waals surface area contributed by atoms with Crippen LogP contribution in [0.15, 0.2) is 18.2 Å². The van der Waals surface area contributed by atoms with Gasteiger partial charge in [0.15, 0.2) is 0 Å². The van der Waals surface area contributed by atoms with Crippen molar-refractivity contribution in [1.82, 2.24) is 5.32 Å². The molecule has 1 fully saturated rings. The van der Waals surface area contributed by atoms with Gasteiger partial charge in [0, 0.05) is 17.0 Å². The summed E-state index contributed by atoms with van der Waals surface area (Å²) in [6, 6.07) is 4.51. The number of halogens is 3. The topological polar surface area (TPSA) is 38.3 Å². The van der Waals surface area contributed by atoms with Gasteiger partial charge in [-0.3, -0.25) is 4.79 Å². The third kappa shape index (κ3) is 3.56. The second kappa shape index (κ2) is 5.33. The van der Waals surface area contributed by atoms with Gasteiger partial charge < -0.3 is 10.1 Å². The fourth-order valence-corrected chi connectivity index (χ4v) is 2.50. The van der Waals surface area contributed by atoms with Crippen LogP contribution in [0.3, 0.4) is 0 Å². The van der Waals surface area contributed by atoms with Crippen molar-refractivity contribution in [2.75, 3.05) is 0 Å². The lowest BCUT2D eigenvalue weighted by molar-refractivity contribution is -0.119. The van der Waals surface area contributed by atoms with E-state index in [1.165, 1.54) is 12.1 Å². The zero-order valence-corrected chi connectivity index (χ0v) is 11.1. The molecule has 1 amide bonds. The molecule has 1 aromatic carbocycles. The van der Waals surface area contributed by atoms with E-state index in [9.17, 15) is 13.6 Å². The molecule has 0 saturated carbocycles. The number of rotatable bonds is 4. The lowest BCUT2D eigenvalue weighted by atomic mass is 9.91. The third-order valence-electron chi connectivity index (χ3n) is 3.16. The first kappa shape index (κ1) is 14.1. The van der Waals surface area contributed by atoms with Gasteiger partial charge in [-0.05, 0) is 43.5 Å². The molecule has 19 heavy (non-hydrogen) atoms. The van der Waals surface area contributed by atoms with E-state index in [-0.39, 0.29) is 11.7 Å². The number of hydrogen-bond donors (Lipinski definition) is 1. The molecule has 1 N–H and O–H groups in total. The lowest BCUT2D eigenvalue weighted by Crippen LogP contribution is -2.40. The highest BCUT2D eigenvalue weighted by Crippen LogP contribution is 2.31. The van der Waals surface area contributed by atoms with E-state index in [2.05, 4.69) is 10.1 Å². The van der Waals surface area contributed by atoms with Crippen LogP contribution in [-0.2, 0) is 11.2 Å². The molecule has 0 bridgehead atoms. The Labute approximate surface area is 114 Å². The van der Waals surface area contributed by atoms with Gasteiger partial charge in [0.25, 0.3) is 0 Å². The number of benzene rings is 1. The minimum atomic E-state index is -2.88. The predicted octanol–water partition coefficient (Wildman–Crippen LogP) is 3.15. The van der Waals surface area contributed by atoms with E-state index in [1.54, 1.807) is 6.07 Å². The summed E-state index contributed by atoms with van der Waals surface area (Å²) in [6.45, 7) is -1.00. The highest BCUT2D eigenvalue weighted by molar-refractivity contribution is 6.30. The summed E-state index contributed by atoms with van der Waals surface area (Å²) in [5.74, 6) is 0.0719. The van der Waals surface area contributed by atoms with Crippen molar-refractivity contribution in [2.24, 2.45) is 0 Å². The van der Waals surface area contributed by atoms with Crippen LogP contribution >= 0.6 is 11.6 Å². The molecular formula is C13H14ClF2NO2. The van der Waals surface area contributed by atoms with Gasteiger partial charge >= 0.3 is 6.61 Å². The zero-order valence-electron chi connectivity index (χ0n) is 10.4. The normalized spacial score (nSPS) is 22.7. The van der Waals surface area contributed by atoms with Crippen LogP contribution in [0.25, 0.3) is 0 Å². The van der Waals surface area contributed by atoms with Crippen LogP contribution in [0.1, 0.15) is 25.3 Å². The number of carbonyl (C=O) groups is 1. The predicted molar refractivity (Wildman–Crippen MR) is 67.6 cm³/mol. The summed E-state index contributed by atoms with van der Waals surface area (Å²) in [5.41, 5.74) is 0.125. The van der Waals surface area contributed by atoms with E-state index in [1.807, 2.05) is 6.92 Å². The largest absolute Gasteiger partial charge is 0.435 e. The molecule has 1 atom stereocenters. The third-order valence-corrected chi connectivity index (χ3v) is 3.40. The Morgan fingerprint density at radius 2 is 2.26 bits per heavy atom. The van der Waals surface area contributed by atoms with Crippen LogP contribution < -0.4 is 10.1 Å². The van der Waals surface area contributed by atoms with Crippen molar-refractivity contribution in [3.63, 3.8) is 0 Å². The SMILES string of the molecule is CC1(Cc2cc(Cl)ccc2OC(F)F)CCC(=O)N1. The van der Waals surface area contributed by atoms with Crippen molar-refractivity contribution >= 4 is 17.5 Å². The van der Waals surface area contributed by atoms with Crippen molar-refractivity contribution in [3.8, 4) is 5.75 Å². The number of alkyl halides is 2. The highest BCUT2D eigenvalue weighted by Gasteiger charge is 2.34. The maximum absolute atomic E-state index is 12.3. The summed E-state index contributed by atoms with van der Waals surface area (Å²) in [6.07, 6.45) is 1.51. The second-order valence-corrected chi connectivity index (χ2v) is 5.35. The van der Waals surface area contributed by atoms with Gasteiger partial charge in [-0.2, -0.15) is 8.78 Å². The minimum Gasteiger partial charge on any atom is -0.435 e. The molecule has 1 aliphatic heterocycles. The van der Waals surface area contributed by atoms with Crippen molar-refractivity contribution in [2.45, 2.75) is 38.3 Å². The van der Waals surface area contributed by atoms with Gasteiger partial charge in [-0.1, -0.05) is 11.6 Å². The summed E-state index contributed by atoms with van der Waals surface area (Å²) < 4.78 is 29.2. The molecule has 0 aliphatic carbocycles.